The van der Waals surface area contributed by atoms with Gasteiger partial charge in [-0.3, -0.25) is 0 Å². The van der Waals surface area contributed by atoms with E-state index >= 15 is 4.39 Å². The fraction of sp³-hybridized carbons (Fsp3) is 0.281. The Kier molecular flexibility index (Phi) is 9.87. The molecule has 1 saturated heterocycles. The van der Waals surface area contributed by atoms with Crippen LogP contribution in [0.3, 0.4) is 0 Å². The summed E-state index contributed by atoms with van der Waals surface area (Å²) in [4.78, 5) is 5.43. The van der Waals surface area contributed by atoms with E-state index in [1.54, 1.807) is 18.2 Å². The minimum atomic E-state index is -4.66. The lowest BCUT2D eigenvalue weighted by Gasteiger charge is -2.27. The Labute approximate surface area is 261 Å². The lowest BCUT2D eigenvalue weighted by Crippen LogP contribution is -2.32. The number of methoxy groups -OCH3 is 2. The van der Waals surface area contributed by atoms with Crippen molar-refractivity contribution in [2.45, 2.75) is 30.3 Å². The van der Waals surface area contributed by atoms with E-state index in [9.17, 15) is 12.8 Å². The Bertz CT molecular complexity index is 1710. The van der Waals surface area contributed by atoms with Crippen LogP contribution in [0.15, 0.2) is 83.8 Å². The average Bonchev–Trinajstić information content (AvgIpc) is 3.54. The lowest BCUT2D eigenvalue weighted by molar-refractivity contribution is 0.323. The number of aromatic nitrogens is 1. The smallest absolute Gasteiger partial charge is 0.268 e. The Morgan fingerprint density at radius 2 is 1.73 bits per heavy atom. The molecule has 1 fully saturated rings. The van der Waals surface area contributed by atoms with Crippen molar-refractivity contribution in [3.8, 4) is 11.5 Å². The molecule has 5 rings (SSSR count). The number of hydrogen-bond acceptors (Lipinski definition) is 7. The van der Waals surface area contributed by atoms with Gasteiger partial charge in [0.15, 0.2) is 0 Å². The molecule has 44 heavy (non-hydrogen) atoms. The van der Waals surface area contributed by atoms with Crippen LogP contribution < -0.4 is 19.1 Å². The van der Waals surface area contributed by atoms with Crippen molar-refractivity contribution in [1.82, 2.24) is 9.88 Å². The number of nitrogens with zero attached hydrogens (tertiary/aromatic N) is 3. The molecule has 8 nitrogen and oxygen atoms in total. The normalized spacial score (nSPS) is 14.3. The number of rotatable bonds is 12. The maximum absolute atomic E-state index is 15.9. The van der Waals surface area contributed by atoms with Crippen molar-refractivity contribution in [2.24, 2.45) is 0 Å². The highest BCUT2D eigenvalue weighted by Crippen LogP contribution is 2.35. The van der Waals surface area contributed by atoms with Crippen LogP contribution in [0.5, 0.6) is 11.5 Å². The number of pyridine rings is 1. The molecule has 0 aliphatic carbocycles. The Balaban J connectivity index is 1.51. The number of benzene rings is 3. The zero-order valence-electron chi connectivity index (χ0n) is 24.3. The fourth-order valence-corrected chi connectivity index (χ4v) is 7.00. The van der Waals surface area contributed by atoms with Gasteiger partial charge in [0.05, 0.1) is 37.5 Å². The first-order valence-electron chi connectivity index (χ1n) is 14.1. The molecular formula is C32H33ClF2N4O4S. The number of sulfonamides is 1. The van der Waals surface area contributed by atoms with Gasteiger partial charge in [-0.15, -0.1) is 0 Å². The topological polar surface area (TPSA) is 84.0 Å². The zero-order chi connectivity index (χ0) is 31.3. The van der Waals surface area contributed by atoms with Crippen molar-refractivity contribution in [2.75, 3.05) is 43.5 Å². The van der Waals surface area contributed by atoms with E-state index in [-0.39, 0.29) is 29.1 Å². The molecule has 1 atom stereocenters. The SMILES string of the molecule is COc1ccc(CN(c2cccc(F)n2)S(=O)(=O)c2cc(Cl)c(NC(CN3CCCC3)c3ccccc3)cc2F)c(OC)c1. The molecule has 232 valence electrons. The zero-order valence-corrected chi connectivity index (χ0v) is 25.9. The second-order valence-electron chi connectivity index (χ2n) is 10.4. The number of likely N-dealkylation sites (tertiary alicyclic amines) is 1. The summed E-state index contributed by atoms with van der Waals surface area (Å²) in [6.45, 7) is 2.26. The van der Waals surface area contributed by atoms with E-state index in [1.807, 2.05) is 30.3 Å². The quantitative estimate of drug-likeness (QED) is 0.173. The maximum atomic E-state index is 15.9. The summed E-state index contributed by atoms with van der Waals surface area (Å²) < 4.78 is 69.8. The predicted molar refractivity (Wildman–Crippen MR) is 167 cm³/mol. The van der Waals surface area contributed by atoms with Crippen LogP contribution in [0.2, 0.25) is 5.02 Å². The number of nitrogens with one attached hydrogen (secondary N) is 1. The first-order chi connectivity index (χ1) is 21.2. The molecule has 0 spiro atoms. The van der Waals surface area contributed by atoms with Crippen molar-refractivity contribution >= 4 is 33.1 Å². The summed E-state index contributed by atoms with van der Waals surface area (Å²) in [5, 5.41) is 3.35. The van der Waals surface area contributed by atoms with Gasteiger partial charge >= 0.3 is 0 Å². The van der Waals surface area contributed by atoms with Gasteiger partial charge in [0.2, 0.25) is 5.95 Å². The van der Waals surface area contributed by atoms with Crippen LogP contribution in [0.1, 0.15) is 30.0 Å². The third-order valence-electron chi connectivity index (χ3n) is 7.52. The van der Waals surface area contributed by atoms with E-state index in [4.69, 9.17) is 21.1 Å². The molecule has 2 heterocycles. The first kappa shape index (κ1) is 31.5. The minimum Gasteiger partial charge on any atom is -0.497 e. The summed E-state index contributed by atoms with van der Waals surface area (Å²) in [6, 6.07) is 20.2. The van der Waals surface area contributed by atoms with Gasteiger partial charge in [0, 0.05) is 18.2 Å². The first-order valence-corrected chi connectivity index (χ1v) is 15.9. The van der Waals surface area contributed by atoms with Gasteiger partial charge in [-0.1, -0.05) is 48.0 Å². The summed E-state index contributed by atoms with van der Waals surface area (Å²) in [5.41, 5.74) is 1.66. The van der Waals surface area contributed by atoms with Crippen LogP contribution in [0.4, 0.5) is 20.3 Å². The third-order valence-corrected chi connectivity index (χ3v) is 9.60. The number of anilines is 2. The van der Waals surface area contributed by atoms with E-state index < -0.39 is 26.7 Å². The third kappa shape index (κ3) is 7.06. The van der Waals surface area contributed by atoms with E-state index in [2.05, 4.69) is 15.2 Å². The Morgan fingerprint density at radius 3 is 2.41 bits per heavy atom. The fourth-order valence-electron chi connectivity index (χ4n) is 5.25. The molecule has 1 aliphatic rings. The summed E-state index contributed by atoms with van der Waals surface area (Å²) >= 11 is 6.64. The molecule has 0 amide bonds. The largest absolute Gasteiger partial charge is 0.497 e. The molecule has 0 saturated carbocycles. The molecule has 0 radical (unpaired) electrons. The summed E-state index contributed by atoms with van der Waals surface area (Å²) in [5.74, 6) is -1.34. The summed E-state index contributed by atoms with van der Waals surface area (Å²) in [6.07, 6.45) is 2.23. The lowest BCUT2D eigenvalue weighted by atomic mass is 10.1. The van der Waals surface area contributed by atoms with Gasteiger partial charge in [0.25, 0.3) is 10.0 Å². The Hall–Kier alpha value is -3.93. The van der Waals surface area contributed by atoms with Gasteiger partial charge in [0.1, 0.15) is 28.0 Å². The van der Waals surface area contributed by atoms with Crippen LogP contribution >= 0.6 is 11.6 Å². The standard InChI is InChI=1S/C32H33ClF2N4O4S/c1-42-24-14-13-23(29(17-24)43-2)20-39(32-12-8-11-31(35)37-32)44(40,41)30-18-25(33)27(19-26(30)34)36-28(21-38-15-6-7-16-38)22-9-4-3-5-10-22/h3-5,8-14,17-19,28,36H,6-7,15-16,20-21H2,1-2H3. The van der Waals surface area contributed by atoms with Crippen LogP contribution in [-0.4, -0.2) is 52.2 Å². The molecule has 1 aliphatic heterocycles. The van der Waals surface area contributed by atoms with E-state index in [0.29, 0.717) is 23.6 Å². The average molecular weight is 643 g/mol. The molecule has 1 unspecified atom stereocenters. The summed E-state index contributed by atoms with van der Waals surface area (Å²) in [7, 11) is -1.74. The molecule has 1 N–H and O–H groups in total. The molecule has 12 heteroatoms. The highest BCUT2D eigenvalue weighted by molar-refractivity contribution is 7.92. The molecule has 1 aromatic heterocycles. The van der Waals surface area contributed by atoms with Gasteiger partial charge < -0.3 is 19.7 Å². The van der Waals surface area contributed by atoms with Crippen molar-refractivity contribution in [3.05, 3.63) is 107 Å². The molecular weight excluding hydrogens is 610 g/mol. The van der Waals surface area contributed by atoms with Crippen molar-refractivity contribution < 1.29 is 26.7 Å². The second kappa shape index (κ2) is 13.8. The molecule has 0 bridgehead atoms. The second-order valence-corrected chi connectivity index (χ2v) is 12.6. The van der Waals surface area contributed by atoms with Crippen LogP contribution in [-0.2, 0) is 16.6 Å². The highest BCUT2D eigenvalue weighted by Gasteiger charge is 2.32. The van der Waals surface area contributed by atoms with Crippen LogP contribution in [0.25, 0.3) is 0 Å². The number of ether oxygens (including phenoxy) is 2. The van der Waals surface area contributed by atoms with Crippen LogP contribution in [0, 0.1) is 11.8 Å². The molecule has 3 aromatic carbocycles. The number of hydrogen-bond donors (Lipinski definition) is 1. The maximum Gasteiger partial charge on any atom is 0.268 e. The number of halogens is 3. The van der Waals surface area contributed by atoms with Crippen molar-refractivity contribution in [3.63, 3.8) is 0 Å². The van der Waals surface area contributed by atoms with Gasteiger partial charge in [-0.25, -0.2) is 22.1 Å². The monoisotopic (exact) mass is 642 g/mol. The van der Waals surface area contributed by atoms with Crippen molar-refractivity contribution in [1.29, 1.82) is 0 Å². The van der Waals surface area contributed by atoms with Gasteiger partial charge in [-0.05, 0) is 67.9 Å². The molecule has 4 aromatic rings. The highest BCUT2D eigenvalue weighted by atomic mass is 35.5. The predicted octanol–water partition coefficient (Wildman–Crippen LogP) is 6.67. The van der Waals surface area contributed by atoms with E-state index in [1.165, 1.54) is 26.4 Å². The van der Waals surface area contributed by atoms with E-state index in [0.717, 1.165) is 54.0 Å². The Morgan fingerprint density at radius 1 is 0.977 bits per heavy atom. The minimum absolute atomic E-state index is 0.0153. The van der Waals surface area contributed by atoms with Gasteiger partial charge in [-0.2, -0.15) is 4.39 Å².